The van der Waals surface area contributed by atoms with Crippen LogP contribution in [0.2, 0.25) is 0 Å². The highest BCUT2D eigenvalue weighted by molar-refractivity contribution is 6.13. The molecular weight excluding hydrogens is 246 g/mol. The molecule has 3 nitrogen and oxygen atoms in total. The lowest BCUT2D eigenvalue weighted by Crippen LogP contribution is -2.19. The summed E-state index contributed by atoms with van der Waals surface area (Å²) in [5.74, 6) is 0. The molecule has 0 fully saturated rings. The van der Waals surface area contributed by atoms with Crippen LogP contribution in [0, 0.1) is 5.41 Å². The van der Waals surface area contributed by atoms with E-state index < -0.39 is 0 Å². The van der Waals surface area contributed by atoms with E-state index in [1.54, 1.807) is 6.33 Å². The summed E-state index contributed by atoms with van der Waals surface area (Å²) in [6.07, 6.45) is 1.65. The van der Waals surface area contributed by atoms with Gasteiger partial charge < -0.3 is 0 Å². The molecule has 0 amide bonds. The van der Waals surface area contributed by atoms with Crippen LogP contribution in [-0.4, -0.2) is 22.2 Å². The Morgan fingerprint density at radius 3 is 2.50 bits per heavy atom. The molecule has 0 spiro atoms. The van der Waals surface area contributed by atoms with Crippen molar-refractivity contribution in [1.29, 1.82) is 0 Å². The van der Waals surface area contributed by atoms with Crippen molar-refractivity contribution < 1.29 is 0 Å². The first-order chi connectivity index (χ1) is 9.48. The Morgan fingerprint density at radius 2 is 1.80 bits per heavy atom. The van der Waals surface area contributed by atoms with E-state index in [1.165, 1.54) is 16.9 Å². The molecule has 3 rings (SSSR count). The van der Waals surface area contributed by atoms with Gasteiger partial charge in [0, 0.05) is 22.1 Å². The molecule has 2 heterocycles. The number of nitrogens with zero attached hydrogens (tertiary/aromatic N) is 3. The van der Waals surface area contributed by atoms with Gasteiger partial charge in [0.05, 0.1) is 17.8 Å². The number of aliphatic imine (C=N–C) groups is 1. The zero-order chi connectivity index (χ0) is 14.3. The minimum Gasteiger partial charge on any atom is -0.284 e. The normalized spacial score (nSPS) is 15.9. The number of rotatable bonds is 1. The first kappa shape index (κ1) is 13.0. The SMILES string of the molecule is CC1=C(c2ncnc3ccccc23)CN=C1C(C)(C)C. The Labute approximate surface area is 119 Å². The quantitative estimate of drug-likeness (QED) is 0.784. The molecule has 1 aliphatic rings. The summed E-state index contributed by atoms with van der Waals surface area (Å²) in [6, 6.07) is 8.15. The summed E-state index contributed by atoms with van der Waals surface area (Å²) in [4.78, 5) is 13.6. The Hall–Kier alpha value is -2.03. The Morgan fingerprint density at radius 1 is 1.05 bits per heavy atom. The zero-order valence-electron chi connectivity index (χ0n) is 12.4. The van der Waals surface area contributed by atoms with Crippen LogP contribution < -0.4 is 0 Å². The lowest BCUT2D eigenvalue weighted by Gasteiger charge is -2.20. The van der Waals surface area contributed by atoms with Crippen LogP contribution in [-0.2, 0) is 0 Å². The largest absolute Gasteiger partial charge is 0.284 e. The Bertz CT molecular complexity index is 728. The first-order valence-electron chi connectivity index (χ1n) is 6.93. The van der Waals surface area contributed by atoms with E-state index in [-0.39, 0.29) is 5.41 Å². The van der Waals surface area contributed by atoms with E-state index in [4.69, 9.17) is 4.99 Å². The molecule has 0 aliphatic carbocycles. The zero-order valence-corrected chi connectivity index (χ0v) is 12.4. The molecule has 1 aromatic heterocycles. The maximum atomic E-state index is 4.73. The van der Waals surface area contributed by atoms with Crippen LogP contribution in [0.3, 0.4) is 0 Å². The van der Waals surface area contributed by atoms with E-state index in [0.717, 1.165) is 23.1 Å². The fraction of sp³-hybridized carbons (Fsp3) is 0.353. The molecule has 2 aromatic rings. The maximum absolute atomic E-state index is 4.73. The smallest absolute Gasteiger partial charge is 0.116 e. The third-order valence-corrected chi connectivity index (χ3v) is 3.74. The minimum atomic E-state index is 0.0780. The lowest BCUT2D eigenvalue weighted by atomic mass is 9.85. The van der Waals surface area contributed by atoms with Crippen molar-refractivity contribution in [2.24, 2.45) is 10.4 Å². The Kier molecular flexibility index (Phi) is 2.93. The molecule has 0 atom stereocenters. The fourth-order valence-electron chi connectivity index (χ4n) is 2.84. The third-order valence-electron chi connectivity index (χ3n) is 3.74. The standard InChI is InChI=1S/C17H19N3/c1-11-13(9-18-16(11)17(2,3)4)15-12-7-5-6-8-14(12)19-10-20-15/h5-8,10H,9H2,1-4H3. The molecule has 0 N–H and O–H groups in total. The number of fused-ring (bicyclic) bond motifs is 1. The van der Waals surface area contributed by atoms with Crippen LogP contribution in [0.25, 0.3) is 16.5 Å². The predicted octanol–water partition coefficient (Wildman–Crippen LogP) is 3.90. The third kappa shape index (κ3) is 2.03. The van der Waals surface area contributed by atoms with Crippen LogP contribution in [0.15, 0.2) is 41.2 Å². The average molecular weight is 265 g/mol. The maximum Gasteiger partial charge on any atom is 0.116 e. The molecule has 102 valence electrons. The molecule has 0 bridgehead atoms. The van der Waals surface area contributed by atoms with Gasteiger partial charge in [-0.15, -0.1) is 0 Å². The van der Waals surface area contributed by atoms with Crippen LogP contribution >= 0.6 is 0 Å². The van der Waals surface area contributed by atoms with Crippen molar-refractivity contribution in [3.05, 3.63) is 41.9 Å². The van der Waals surface area contributed by atoms with Crippen LogP contribution in [0.5, 0.6) is 0 Å². The van der Waals surface area contributed by atoms with Gasteiger partial charge in [-0.1, -0.05) is 39.0 Å². The molecule has 0 saturated carbocycles. The highest BCUT2D eigenvalue weighted by Gasteiger charge is 2.27. The van der Waals surface area contributed by atoms with Gasteiger partial charge >= 0.3 is 0 Å². The van der Waals surface area contributed by atoms with E-state index in [2.05, 4.69) is 43.7 Å². The van der Waals surface area contributed by atoms with Crippen molar-refractivity contribution >= 4 is 22.2 Å². The average Bonchev–Trinajstić information content (AvgIpc) is 2.80. The van der Waals surface area contributed by atoms with Crippen molar-refractivity contribution in [3.8, 4) is 0 Å². The summed E-state index contributed by atoms with van der Waals surface area (Å²) < 4.78 is 0. The second-order valence-electron chi connectivity index (χ2n) is 6.26. The molecule has 3 heteroatoms. The summed E-state index contributed by atoms with van der Waals surface area (Å²) in [7, 11) is 0. The molecule has 1 aliphatic heterocycles. The summed E-state index contributed by atoms with van der Waals surface area (Å²) in [5, 5.41) is 1.11. The summed E-state index contributed by atoms with van der Waals surface area (Å²) in [5.41, 5.74) is 5.78. The number of para-hydroxylation sites is 1. The van der Waals surface area contributed by atoms with E-state index >= 15 is 0 Å². The van der Waals surface area contributed by atoms with Gasteiger partial charge in [-0.05, 0) is 18.6 Å². The van der Waals surface area contributed by atoms with Gasteiger partial charge in [-0.2, -0.15) is 0 Å². The lowest BCUT2D eigenvalue weighted by molar-refractivity contribution is 0.591. The summed E-state index contributed by atoms with van der Waals surface area (Å²) >= 11 is 0. The van der Waals surface area contributed by atoms with E-state index in [9.17, 15) is 0 Å². The molecule has 0 unspecified atom stereocenters. The molecule has 20 heavy (non-hydrogen) atoms. The predicted molar refractivity (Wildman–Crippen MR) is 83.9 cm³/mol. The fourth-order valence-corrected chi connectivity index (χ4v) is 2.84. The highest BCUT2D eigenvalue weighted by Crippen LogP contribution is 2.33. The number of aromatic nitrogens is 2. The first-order valence-corrected chi connectivity index (χ1v) is 6.93. The number of benzene rings is 1. The molecular formula is C17H19N3. The van der Waals surface area contributed by atoms with Gasteiger partial charge in [-0.25, -0.2) is 9.97 Å². The monoisotopic (exact) mass is 265 g/mol. The van der Waals surface area contributed by atoms with Crippen LogP contribution in [0.1, 0.15) is 33.4 Å². The van der Waals surface area contributed by atoms with Crippen molar-refractivity contribution in [3.63, 3.8) is 0 Å². The van der Waals surface area contributed by atoms with Crippen molar-refractivity contribution in [1.82, 2.24) is 9.97 Å². The number of allylic oxidation sites excluding steroid dienone is 1. The molecule has 1 aromatic carbocycles. The Balaban J connectivity index is 2.17. The van der Waals surface area contributed by atoms with Crippen molar-refractivity contribution in [2.75, 3.05) is 6.54 Å². The number of hydrogen-bond acceptors (Lipinski definition) is 3. The highest BCUT2D eigenvalue weighted by atomic mass is 14.9. The van der Waals surface area contributed by atoms with E-state index in [0.29, 0.717) is 0 Å². The summed E-state index contributed by atoms with van der Waals surface area (Å²) in [6.45, 7) is 9.49. The van der Waals surface area contributed by atoms with Gasteiger partial charge in [0.15, 0.2) is 0 Å². The second kappa shape index (κ2) is 4.51. The van der Waals surface area contributed by atoms with Crippen LogP contribution in [0.4, 0.5) is 0 Å². The second-order valence-corrected chi connectivity index (χ2v) is 6.26. The van der Waals surface area contributed by atoms with Crippen molar-refractivity contribution in [2.45, 2.75) is 27.7 Å². The topological polar surface area (TPSA) is 38.1 Å². The molecule has 0 saturated heterocycles. The van der Waals surface area contributed by atoms with Gasteiger partial charge in [0.2, 0.25) is 0 Å². The van der Waals surface area contributed by atoms with Gasteiger partial charge in [0.1, 0.15) is 6.33 Å². The van der Waals surface area contributed by atoms with Gasteiger partial charge in [0.25, 0.3) is 0 Å². The van der Waals surface area contributed by atoms with Gasteiger partial charge in [-0.3, -0.25) is 4.99 Å². The van der Waals surface area contributed by atoms with E-state index in [1.807, 2.05) is 18.2 Å². The minimum absolute atomic E-state index is 0.0780. The molecule has 0 radical (unpaired) electrons. The number of hydrogen-bond donors (Lipinski definition) is 0.